The molecular formula is C26H25N5O3S. The maximum Gasteiger partial charge on any atom is 0.216 e. The summed E-state index contributed by atoms with van der Waals surface area (Å²) in [4.78, 5) is 28.0. The number of thioether (sulfide) groups is 1. The van der Waals surface area contributed by atoms with Crippen molar-refractivity contribution in [1.82, 2.24) is 25.1 Å². The Morgan fingerprint density at radius 2 is 1.69 bits per heavy atom. The van der Waals surface area contributed by atoms with Crippen LogP contribution >= 0.6 is 11.8 Å². The Hall–Kier alpha value is -3.98. The average Bonchev–Trinajstić information content (AvgIpc) is 3.32. The number of rotatable bonds is 10. The van der Waals surface area contributed by atoms with E-state index in [9.17, 15) is 9.59 Å². The number of ketones is 1. The zero-order valence-electron chi connectivity index (χ0n) is 19.5. The highest BCUT2D eigenvalue weighted by atomic mass is 32.2. The Balaban J connectivity index is 1.51. The van der Waals surface area contributed by atoms with E-state index in [1.54, 1.807) is 19.5 Å². The van der Waals surface area contributed by atoms with Crippen LogP contribution in [0.15, 0.2) is 78.2 Å². The molecule has 0 spiro atoms. The van der Waals surface area contributed by atoms with Gasteiger partial charge in [-0.15, -0.1) is 10.2 Å². The molecule has 0 radical (unpaired) electrons. The van der Waals surface area contributed by atoms with Crippen LogP contribution in [0.5, 0.6) is 5.75 Å². The van der Waals surface area contributed by atoms with E-state index in [1.807, 2.05) is 65.2 Å². The number of nitrogens with one attached hydrogen (secondary N) is 1. The van der Waals surface area contributed by atoms with Crippen molar-refractivity contribution in [3.05, 3.63) is 84.2 Å². The third-order valence-corrected chi connectivity index (χ3v) is 6.23. The van der Waals surface area contributed by atoms with Crippen molar-refractivity contribution < 1.29 is 14.3 Å². The van der Waals surface area contributed by atoms with E-state index >= 15 is 0 Å². The number of Topliss-reactive ketones (excluding diaryl/α,β-unsaturated/α-hetero) is 1. The number of ether oxygens (including phenoxy) is 1. The molecule has 4 rings (SSSR count). The van der Waals surface area contributed by atoms with Gasteiger partial charge in [0.2, 0.25) is 5.91 Å². The number of hydrogen-bond donors (Lipinski definition) is 1. The van der Waals surface area contributed by atoms with Gasteiger partial charge in [0.05, 0.1) is 12.9 Å². The Kier molecular flexibility index (Phi) is 7.89. The smallest absolute Gasteiger partial charge is 0.216 e. The highest BCUT2D eigenvalue weighted by Gasteiger charge is 2.18. The molecule has 0 bridgehead atoms. The molecule has 2 heterocycles. The van der Waals surface area contributed by atoms with E-state index in [2.05, 4.69) is 20.5 Å². The molecule has 0 saturated heterocycles. The fraction of sp³-hybridized carbons (Fsp3) is 0.192. The molecule has 1 N–H and O–H groups in total. The highest BCUT2D eigenvalue weighted by molar-refractivity contribution is 7.99. The molecule has 0 atom stereocenters. The van der Waals surface area contributed by atoms with Crippen molar-refractivity contribution in [2.75, 3.05) is 19.4 Å². The topological polar surface area (TPSA) is 99.0 Å². The fourth-order valence-electron chi connectivity index (χ4n) is 3.47. The van der Waals surface area contributed by atoms with Crippen molar-refractivity contribution >= 4 is 23.5 Å². The summed E-state index contributed by atoms with van der Waals surface area (Å²) >= 11 is 1.34. The summed E-state index contributed by atoms with van der Waals surface area (Å²) in [6, 6.07) is 18.8. The van der Waals surface area contributed by atoms with Crippen molar-refractivity contribution in [2.45, 2.75) is 18.5 Å². The second-order valence-corrected chi connectivity index (χ2v) is 8.66. The van der Waals surface area contributed by atoms with Crippen LogP contribution < -0.4 is 10.1 Å². The first-order valence-electron chi connectivity index (χ1n) is 11.0. The summed E-state index contributed by atoms with van der Waals surface area (Å²) in [5.41, 5.74) is 3.42. The first kappa shape index (κ1) is 24.2. The first-order valence-corrected chi connectivity index (χ1v) is 12.0. The van der Waals surface area contributed by atoms with Gasteiger partial charge in [-0.05, 0) is 48.4 Å². The lowest BCUT2D eigenvalue weighted by Crippen LogP contribution is -2.22. The second-order valence-electron chi connectivity index (χ2n) is 7.72. The SMILES string of the molecule is COc1ccc(-n2c(SCC(=O)c3ccc(CCNC(C)=O)cc3)nnc2-c2ccncc2)cc1. The van der Waals surface area contributed by atoms with Crippen LogP contribution in [0.4, 0.5) is 0 Å². The number of pyridine rings is 1. The molecule has 4 aromatic rings. The molecule has 0 saturated carbocycles. The zero-order chi connectivity index (χ0) is 24.6. The lowest BCUT2D eigenvalue weighted by molar-refractivity contribution is -0.118. The minimum Gasteiger partial charge on any atom is -0.497 e. The fourth-order valence-corrected chi connectivity index (χ4v) is 4.32. The summed E-state index contributed by atoms with van der Waals surface area (Å²) in [6.45, 7) is 2.06. The van der Waals surface area contributed by atoms with E-state index in [4.69, 9.17) is 4.74 Å². The third-order valence-electron chi connectivity index (χ3n) is 5.30. The van der Waals surface area contributed by atoms with Gasteiger partial charge in [-0.1, -0.05) is 36.0 Å². The van der Waals surface area contributed by atoms with E-state index in [0.717, 1.165) is 22.6 Å². The van der Waals surface area contributed by atoms with Crippen molar-refractivity contribution in [3.8, 4) is 22.8 Å². The largest absolute Gasteiger partial charge is 0.497 e. The molecule has 178 valence electrons. The van der Waals surface area contributed by atoms with Crippen LogP contribution in [-0.2, 0) is 11.2 Å². The monoisotopic (exact) mass is 487 g/mol. The number of hydrogen-bond acceptors (Lipinski definition) is 7. The predicted molar refractivity (Wildman–Crippen MR) is 135 cm³/mol. The second kappa shape index (κ2) is 11.4. The molecule has 2 aromatic heterocycles. The summed E-state index contributed by atoms with van der Waals surface area (Å²) in [6.07, 6.45) is 4.13. The third kappa shape index (κ3) is 6.13. The predicted octanol–water partition coefficient (Wildman–Crippen LogP) is 3.99. The van der Waals surface area contributed by atoms with Gasteiger partial charge >= 0.3 is 0 Å². The van der Waals surface area contributed by atoms with Gasteiger partial charge < -0.3 is 10.1 Å². The number of benzene rings is 2. The van der Waals surface area contributed by atoms with E-state index < -0.39 is 0 Å². The number of carbonyl (C=O) groups excluding carboxylic acids is 2. The maximum absolute atomic E-state index is 12.9. The maximum atomic E-state index is 12.9. The molecule has 0 aliphatic carbocycles. The van der Waals surface area contributed by atoms with Crippen molar-refractivity contribution in [1.29, 1.82) is 0 Å². The highest BCUT2D eigenvalue weighted by Crippen LogP contribution is 2.29. The van der Waals surface area contributed by atoms with Gasteiger partial charge in [-0.25, -0.2) is 0 Å². The lowest BCUT2D eigenvalue weighted by Gasteiger charge is -2.11. The molecule has 0 unspecified atom stereocenters. The van der Waals surface area contributed by atoms with Crippen LogP contribution in [0.1, 0.15) is 22.8 Å². The Bertz CT molecular complexity index is 1290. The van der Waals surface area contributed by atoms with Gasteiger partial charge in [0.15, 0.2) is 16.8 Å². The van der Waals surface area contributed by atoms with Gasteiger partial charge in [-0.3, -0.25) is 19.1 Å². The number of amides is 1. The van der Waals surface area contributed by atoms with Gasteiger partial charge in [0, 0.05) is 42.7 Å². The standard InChI is InChI=1S/C26H25N5O3S/c1-18(32)28-16-11-19-3-5-20(6-4-19)24(33)17-35-26-30-29-25(21-12-14-27-15-13-21)31(26)22-7-9-23(34-2)10-8-22/h3-10,12-15H,11,16-17H2,1-2H3,(H,28,32). The van der Waals surface area contributed by atoms with Crippen molar-refractivity contribution in [3.63, 3.8) is 0 Å². The molecule has 0 fully saturated rings. The quantitative estimate of drug-likeness (QED) is 0.267. The van der Waals surface area contributed by atoms with Gasteiger partial charge in [-0.2, -0.15) is 0 Å². The Morgan fingerprint density at radius 3 is 2.34 bits per heavy atom. The molecule has 9 heteroatoms. The Morgan fingerprint density at radius 1 is 0.971 bits per heavy atom. The normalized spacial score (nSPS) is 10.7. The van der Waals surface area contributed by atoms with E-state index in [0.29, 0.717) is 29.5 Å². The zero-order valence-corrected chi connectivity index (χ0v) is 20.3. The average molecular weight is 488 g/mol. The lowest BCUT2D eigenvalue weighted by atomic mass is 10.1. The number of methoxy groups -OCH3 is 1. The minimum atomic E-state index is -0.0524. The summed E-state index contributed by atoms with van der Waals surface area (Å²) in [7, 11) is 1.62. The number of carbonyl (C=O) groups is 2. The molecule has 1 amide bonds. The molecular weight excluding hydrogens is 462 g/mol. The van der Waals surface area contributed by atoms with Crippen LogP contribution in [0.25, 0.3) is 17.1 Å². The molecule has 2 aromatic carbocycles. The molecule has 35 heavy (non-hydrogen) atoms. The molecule has 0 aliphatic heterocycles. The minimum absolute atomic E-state index is 0.00171. The first-order chi connectivity index (χ1) is 17.0. The summed E-state index contributed by atoms with van der Waals surface area (Å²) < 4.78 is 7.21. The van der Waals surface area contributed by atoms with E-state index in [-0.39, 0.29) is 17.4 Å². The summed E-state index contributed by atoms with van der Waals surface area (Å²) in [5.74, 6) is 1.57. The molecule has 8 nitrogen and oxygen atoms in total. The van der Waals surface area contributed by atoms with Crippen LogP contribution in [0.3, 0.4) is 0 Å². The van der Waals surface area contributed by atoms with Crippen molar-refractivity contribution in [2.24, 2.45) is 0 Å². The molecule has 0 aliphatic rings. The van der Waals surface area contributed by atoms with Gasteiger partial charge in [0.1, 0.15) is 5.75 Å². The van der Waals surface area contributed by atoms with Crippen LogP contribution in [0.2, 0.25) is 0 Å². The number of aromatic nitrogens is 4. The van der Waals surface area contributed by atoms with Gasteiger partial charge in [0.25, 0.3) is 0 Å². The van der Waals surface area contributed by atoms with E-state index in [1.165, 1.54) is 18.7 Å². The van der Waals surface area contributed by atoms with Crippen LogP contribution in [0, 0.1) is 0 Å². The number of nitrogens with zero attached hydrogens (tertiary/aromatic N) is 4. The summed E-state index contributed by atoms with van der Waals surface area (Å²) in [5, 5.41) is 12.2. The Labute approximate surface area is 207 Å². The van der Waals surface area contributed by atoms with Crippen LogP contribution in [-0.4, -0.2) is 50.8 Å².